The number of carbonyl (C=O) groups is 1. The first-order valence-electron chi connectivity index (χ1n) is 4.45. The minimum Gasteiger partial charge on any atom is -0.529 e. The molecule has 0 aromatic carbocycles. The normalized spacial score (nSPS) is 11.7. The fourth-order valence-corrected chi connectivity index (χ4v) is 2.81. The number of halogens is 1. The average molecular weight is 261 g/mol. The summed E-state index contributed by atoms with van der Waals surface area (Å²) in [5, 5.41) is 10.2. The maximum absolute atomic E-state index is 11.6. The summed E-state index contributed by atoms with van der Waals surface area (Å²) < 4.78 is 24.4. The third-order valence-electron chi connectivity index (χ3n) is 2.45. The number of nitrogens with zero attached hydrogens (tertiary/aromatic N) is 1. The molecule has 92 valence electrons. The largest absolute Gasteiger partial charge is 0.529 e. The highest BCUT2D eigenvalue weighted by atomic mass is 35.5. The molecule has 0 spiro atoms. The van der Waals surface area contributed by atoms with Crippen LogP contribution < -0.4 is 9.83 Å². The van der Waals surface area contributed by atoms with Gasteiger partial charge in [-0.1, -0.05) is 0 Å². The molecular weight excluding hydrogens is 244 g/mol. The zero-order valence-electron chi connectivity index (χ0n) is 9.02. The summed E-state index contributed by atoms with van der Waals surface area (Å²) in [4.78, 5) is 10.2. The highest BCUT2D eigenvalue weighted by Gasteiger charge is 2.37. The van der Waals surface area contributed by atoms with E-state index in [1.54, 1.807) is 20.8 Å². The summed E-state index contributed by atoms with van der Waals surface area (Å²) in [6.07, 6.45) is -1.79. The fraction of sp³-hybridized carbons (Fsp3) is 0.857. The summed E-state index contributed by atoms with van der Waals surface area (Å²) in [5.41, 5.74) is 0. The Hall–Kier alpha value is -0.530. The van der Waals surface area contributed by atoms with Crippen LogP contribution in [-0.2, 0) is 10.2 Å². The lowest BCUT2D eigenvalue weighted by molar-refractivity contribution is -0.801. The van der Waals surface area contributed by atoms with Crippen LogP contribution in [0.15, 0.2) is 0 Å². The molecule has 0 fully saturated rings. The van der Waals surface area contributed by atoms with Crippen LogP contribution >= 0.6 is 12.4 Å². The van der Waals surface area contributed by atoms with Gasteiger partial charge in [-0.25, -0.2) is 8.61 Å². The van der Waals surface area contributed by atoms with Gasteiger partial charge < -0.3 is 9.90 Å². The molecule has 0 saturated heterocycles. The number of carboxylic acid groups (broad SMARTS) is 1. The summed E-state index contributed by atoms with van der Waals surface area (Å²) in [6.45, 7) is 6.03. The Bertz CT molecular complexity index is 292. The first kappa shape index (κ1) is 16.9. The first-order valence-corrected chi connectivity index (χ1v) is 5.89. The molecule has 0 aromatic heterocycles. The number of amides is 1. The summed E-state index contributed by atoms with van der Waals surface area (Å²) in [5.74, 6) is 0. The lowest BCUT2D eigenvalue weighted by Crippen LogP contribution is -2.59. The lowest BCUT2D eigenvalue weighted by Gasteiger charge is -2.33. The predicted molar refractivity (Wildman–Crippen MR) is 56.6 cm³/mol. The van der Waals surface area contributed by atoms with Gasteiger partial charge in [0.15, 0.2) is 6.09 Å². The zero-order chi connectivity index (χ0) is 11.4. The number of quaternary nitrogens is 1. The van der Waals surface area contributed by atoms with Crippen molar-refractivity contribution in [2.45, 2.75) is 20.8 Å². The van der Waals surface area contributed by atoms with Crippen molar-refractivity contribution in [3.8, 4) is 0 Å². The minimum absolute atomic E-state index is 0. The van der Waals surface area contributed by atoms with Gasteiger partial charge in [0.25, 0.3) is 0 Å². The van der Waals surface area contributed by atoms with Crippen LogP contribution in [-0.4, -0.2) is 38.0 Å². The predicted octanol–water partition coefficient (Wildman–Crippen LogP) is -0.538. The van der Waals surface area contributed by atoms with Crippen LogP contribution in [0.1, 0.15) is 20.8 Å². The topological polar surface area (TPSA) is 86.3 Å². The van der Waals surface area contributed by atoms with Crippen LogP contribution in [0.25, 0.3) is 0 Å². The van der Waals surface area contributed by atoms with E-state index < -0.39 is 16.3 Å². The summed E-state index contributed by atoms with van der Waals surface area (Å²) >= 11 is 0. The van der Waals surface area contributed by atoms with E-state index in [1.165, 1.54) is 4.72 Å². The Morgan fingerprint density at radius 1 is 1.20 bits per heavy atom. The molecule has 1 amide bonds. The Morgan fingerprint density at radius 3 is 1.73 bits per heavy atom. The number of rotatable bonds is 5. The van der Waals surface area contributed by atoms with E-state index in [2.05, 4.69) is 0 Å². The molecular formula is C7H17ClN2O4S. The van der Waals surface area contributed by atoms with Crippen molar-refractivity contribution in [3.05, 3.63) is 0 Å². The Labute approximate surface area is 96.5 Å². The minimum atomic E-state index is -3.91. The molecule has 0 radical (unpaired) electrons. The van der Waals surface area contributed by atoms with Crippen molar-refractivity contribution in [2.75, 3.05) is 19.6 Å². The smallest absolute Gasteiger partial charge is 0.395 e. The molecule has 1 N–H and O–H groups in total. The molecule has 15 heavy (non-hydrogen) atoms. The van der Waals surface area contributed by atoms with E-state index in [0.717, 1.165) is 0 Å². The lowest BCUT2D eigenvalue weighted by atomic mass is 10.5. The van der Waals surface area contributed by atoms with Crippen LogP contribution in [0.2, 0.25) is 0 Å². The molecule has 0 heterocycles. The molecule has 0 rings (SSSR count). The fourth-order valence-electron chi connectivity index (χ4n) is 1.38. The molecule has 6 nitrogen and oxygen atoms in total. The van der Waals surface area contributed by atoms with Crippen molar-refractivity contribution in [1.29, 1.82) is 0 Å². The standard InChI is InChI=1S/C7H16N2O4S.ClH/c1-4-9(5-2,6-3)14(12,13)8-7(10)11;/h8H,4-6H2,1-3H3;1H. The van der Waals surface area contributed by atoms with Crippen LogP contribution in [0.4, 0.5) is 4.79 Å². The summed E-state index contributed by atoms with van der Waals surface area (Å²) in [6, 6.07) is 0. The van der Waals surface area contributed by atoms with E-state index in [9.17, 15) is 18.3 Å². The van der Waals surface area contributed by atoms with E-state index in [-0.39, 0.29) is 16.3 Å². The number of carbonyl (C=O) groups excluding carboxylic acids is 1. The third-order valence-corrected chi connectivity index (χ3v) is 4.67. The van der Waals surface area contributed by atoms with Crippen molar-refractivity contribution in [3.63, 3.8) is 0 Å². The van der Waals surface area contributed by atoms with E-state index in [0.29, 0.717) is 19.6 Å². The number of nitrogens with one attached hydrogen (secondary N) is 1. The van der Waals surface area contributed by atoms with Gasteiger partial charge in [-0.15, -0.1) is 12.4 Å². The van der Waals surface area contributed by atoms with Gasteiger partial charge in [0.05, 0.1) is 19.6 Å². The van der Waals surface area contributed by atoms with Gasteiger partial charge in [-0.3, -0.25) is 0 Å². The molecule has 0 aromatic rings. The average Bonchev–Trinajstić information content (AvgIpc) is 2.05. The second-order valence-corrected chi connectivity index (χ2v) is 4.80. The number of hydrogen-bond acceptors (Lipinski definition) is 4. The van der Waals surface area contributed by atoms with Crippen molar-refractivity contribution < 1.29 is 22.2 Å². The van der Waals surface area contributed by atoms with E-state index in [1.807, 2.05) is 0 Å². The van der Waals surface area contributed by atoms with Crippen LogP contribution in [0.3, 0.4) is 0 Å². The Kier molecular flexibility index (Phi) is 6.91. The van der Waals surface area contributed by atoms with Crippen LogP contribution in [0.5, 0.6) is 0 Å². The van der Waals surface area contributed by atoms with Gasteiger partial charge in [0.2, 0.25) is 0 Å². The summed E-state index contributed by atoms with van der Waals surface area (Å²) in [7, 11) is -3.91. The van der Waals surface area contributed by atoms with Gasteiger partial charge in [-0.05, 0) is 20.8 Å². The Balaban J connectivity index is 0. The SMILES string of the molecule is CC[N+](CC)(CC)S(=O)(=O)NC(=O)[O-].Cl. The van der Waals surface area contributed by atoms with E-state index >= 15 is 0 Å². The first-order chi connectivity index (χ1) is 6.35. The Morgan fingerprint density at radius 2 is 1.53 bits per heavy atom. The highest BCUT2D eigenvalue weighted by Crippen LogP contribution is 2.12. The highest BCUT2D eigenvalue weighted by molar-refractivity contribution is 7.84. The molecule has 0 saturated carbocycles. The van der Waals surface area contributed by atoms with Crippen molar-refractivity contribution in [2.24, 2.45) is 0 Å². The molecule has 0 aliphatic heterocycles. The van der Waals surface area contributed by atoms with Crippen LogP contribution in [0, 0.1) is 0 Å². The second-order valence-electron chi connectivity index (χ2n) is 2.87. The quantitative estimate of drug-likeness (QED) is 0.673. The maximum Gasteiger partial charge on any atom is 0.395 e. The second kappa shape index (κ2) is 6.14. The third kappa shape index (κ3) is 3.51. The molecule has 0 aliphatic rings. The molecule has 0 atom stereocenters. The van der Waals surface area contributed by atoms with Crippen molar-refractivity contribution in [1.82, 2.24) is 4.72 Å². The molecule has 0 unspecified atom stereocenters. The van der Waals surface area contributed by atoms with Gasteiger partial charge in [-0.2, -0.15) is 8.42 Å². The molecule has 8 heteroatoms. The van der Waals surface area contributed by atoms with Gasteiger partial charge in [0, 0.05) is 0 Å². The van der Waals surface area contributed by atoms with E-state index in [4.69, 9.17) is 0 Å². The number of hydrogen-bond donors (Lipinski definition) is 1. The van der Waals surface area contributed by atoms with Gasteiger partial charge >= 0.3 is 10.2 Å². The van der Waals surface area contributed by atoms with Crippen molar-refractivity contribution >= 4 is 28.7 Å². The molecule has 0 aliphatic carbocycles. The molecule has 0 bridgehead atoms. The monoisotopic (exact) mass is 260 g/mol. The zero-order valence-corrected chi connectivity index (χ0v) is 10.7. The maximum atomic E-state index is 11.6. The van der Waals surface area contributed by atoms with Gasteiger partial charge in [0.1, 0.15) is 0 Å².